The largest absolute Gasteiger partial charge is 0.328 e. The molecule has 1 aromatic carbocycles. The van der Waals surface area contributed by atoms with Gasteiger partial charge in [-0.05, 0) is 37.8 Å². The summed E-state index contributed by atoms with van der Waals surface area (Å²) in [6.45, 7) is 3.02. The van der Waals surface area contributed by atoms with Crippen molar-refractivity contribution in [1.82, 2.24) is 9.55 Å². The van der Waals surface area contributed by atoms with E-state index in [1.165, 1.54) is 0 Å². The van der Waals surface area contributed by atoms with Gasteiger partial charge >= 0.3 is 0 Å². The van der Waals surface area contributed by atoms with Crippen LogP contribution in [0, 0.1) is 0 Å². The molecule has 0 aliphatic heterocycles. The number of alkyl halides is 1. The SMILES string of the molecule is CCCn1c(CC2(F)CCC(N)C2)nc2ccccc21. The highest BCUT2D eigenvalue weighted by Crippen LogP contribution is 2.36. The van der Waals surface area contributed by atoms with Crippen LogP contribution in [-0.2, 0) is 13.0 Å². The van der Waals surface area contributed by atoms with Crippen molar-refractivity contribution in [2.75, 3.05) is 0 Å². The van der Waals surface area contributed by atoms with Gasteiger partial charge in [-0.15, -0.1) is 0 Å². The minimum absolute atomic E-state index is 0.00371. The van der Waals surface area contributed by atoms with E-state index in [1.54, 1.807) is 0 Å². The summed E-state index contributed by atoms with van der Waals surface area (Å²) in [6, 6.07) is 8.05. The Morgan fingerprint density at radius 3 is 2.95 bits per heavy atom. The number of hydrogen-bond donors (Lipinski definition) is 1. The molecule has 3 rings (SSSR count). The van der Waals surface area contributed by atoms with Crippen molar-refractivity contribution in [3.8, 4) is 0 Å². The van der Waals surface area contributed by atoms with Crippen LogP contribution in [0.15, 0.2) is 24.3 Å². The van der Waals surface area contributed by atoms with Crippen LogP contribution in [0.2, 0.25) is 0 Å². The monoisotopic (exact) mass is 275 g/mol. The molecule has 0 radical (unpaired) electrons. The summed E-state index contributed by atoms with van der Waals surface area (Å²) in [5.41, 5.74) is 6.76. The van der Waals surface area contributed by atoms with Crippen molar-refractivity contribution in [2.45, 2.75) is 57.3 Å². The summed E-state index contributed by atoms with van der Waals surface area (Å²) in [7, 11) is 0. The number of nitrogens with zero attached hydrogens (tertiary/aromatic N) is 2. The minimum Gasteiger partial charge on any atom is -0.328 e. The van der Waals surface area contributed by atoms with E-state index in [0.717, 1.165) is 36.2 Å². The predicted molar refractivity (Wildman–Crippen MR) is 79.4 cm³/mol. The number of rotatable bonds is 4. The fourth-order valence-electron chi connectivity index (χ4n) is 3.30. The van der Waals surface area contributed by atoms with Crippen LogP contribution in [0.1, 0.15) is 38.4 Å². The Kier molecular flexibility index (Phi) is 3.50. The topological polar surface area (TPSA) is 43.8 Å². The molecule has 1 aromatic heterocycles. The van der Waals surface area contributed by atoms with Gasteiger partial charge in [0, 0.05) is 19.0 Å². The summed E-state index contributed by atoms with van der Waals surface area (Å²) in [5, 5.41) is 0. The molecule has 2 unspecified atom stereocenters. The maximum absolute atomic E-state index is 14.9. The number of aryl methyl sites for hydroxylation is 1. The van der Waals surface area contributed by atoms with E-state index in [2.05, 4.69) is 22.5 Å². The average molecular weight is 275 g/mol. The van der Waals surface area contributed by atoms with E-state index in [0.29, 0.717) is 19.3 Å². The number of hydrogen-bond acceptors (Lipinski definition) is 2. The first-order chi connectivity index (χ1) is 9.61. The average Bonchev–Trinajstić information content (AvgIpc) is 2.92. The second-order valence-electron chi connectivity index (χ2n) is 6.00. The van der Waals surface area contributed by atoms with Gasteiger partial charge in [-0.3, -0.25) is 0 Å². The van der Waals surface area contributed by atoms with E-state index in [4.69, 9.17) is 5.73 Å². The lowest BCUT2D eigenvalue weighted by Gasteiger charge is -2.19. The maximum Gasteiger partial charge on any atom is 0.119 e. The van der Waals surface area contributed by atoms with Gasteiger partial charge in [-0.25, -0.2) is 9.37 Å². The van der Waals surface area contributed by atoms with Gasteiger partial charge in [0.25, 0.3) is 0 Å². The van der Waals surface area contributed by atoms with Gasteiger partial charge in [0.1, 0.15) is 11.5 Å². The predicted octanol–water partition coefficient (Wildman–Crippen LogP) is 3.21. The van der Waals surface area contributed by atoms with Gasteiger partial charge in [-0.1, -0.05) is 19.1 Å². The highest BCUT2D eigenvalue weighted by molar-refractivity contribution is 5.75. The lowest BCUT2D eigenvalue weighted by molar-refractivity contribution is 0.166. The summed E-state index contributed by atoms with van der Waals surface area (Å²) >= 11 is 0. The quantitative estimate of drug-likeness (QED) is 0.931. The molecule has 2 atom stereocenters. The van der Waals surface area contributed by atoms with Crippen LogP contribution in [0.5, 0.6) is 0 Å². The van der Waals surface area contributed by atoms with Crippen molar-refractivity contribution in [3.63, 3.8) is 0 Å². The number of imidazole rings is 1. The van der Waals surface area contributed by atoms with E-state index < -0.39 is 5.67 Å². The highest BCUT2D eigenvalue weighted by atomic mass is 19.1. The molecule has 1 aliphatic carbocycles. The fourth-order valence-corrected chi connectivity index (χ4v) is 3.30. The number of aromatic nitrogens is 2. The molecule has 4 heteroatoms. The Morgan fingerprint density at radius 2 is 2.25 bits per heavy atom. The van der Waals surface area contributed by atoms with Crippen LogP contribution >= 0.6 is 0 Å². The van der Waals surface area contributed by atoms with Crippen LogP contribution in [-0.4, -0.2) is 21.3 Å². The summed E-state index contributed by atoms with van der Waals surface area (Å²) in [5.74, 6) is 0.865. The first kappa shape index (κ1) is 13.6. The Hall–Kier alpha value is -1.42. The van der Waals surface area contributed by atoms with Crippen LogP contribution < -0.4 is 5.73 Å². The normalized spacial score (nSPS) is 26.4. The molecule has 0 amide bonds. The molecular formula is C16H22FN3. The van der Waals surface area contributed by atoms with Gasteiger partial charge < -0.3 is 10.3 Å². The van der Waals surface area contributed by atoms with E-state index in [1.807, 2.05) is 18.2 Å². The lowest BCUT2D eigenvalue weighted by Crippen LogP contribution is -2.27. The van der Waals surface area contributed by atoms with E-state index in [9.17, 15) is 4.39 Å². The summed E-state index contributed by atoms with van der Waals surface area (Å²) in [6.07, 6.45) is 3.21. The number of benzene rings is 1. The molecule has 1 fully saturated rings. The minimum atomic E-state index is -1.17. The third-order valence-corrected chi connectivity index (χ3v) is 4.25. The van der Waals surface area contributed by atoms with Crippen LogP contribution in [0.3, 0.4) is 0 Å². The summed E-state index contributed by atoms with van der Waals surface area (Å²) < 4.78 is 17.0. The van der Waals surface area contributed by atoms with Crippen molar-refractivity contribution < 1.29 is 4.39 Å². The zero-order chi connectivity index (χ0) is 14.2. The number of halogens is 1. The molecule has 20 heavy (non-hydrogen) atoms. The second kappa shape index (κ2) is 5.17. The standard InChI is InChI=1S/C16H22FN3/c1-2-9-20-14-6-4-3-5-13(14)19-15(20)11-16(17)8-7-12(18)10-16/h3-6,12H,2,7-11,18H2,1H3. The molecule has 0 spiro atoms. The van der Waals surface area contributed by atoms with E-state index in [-0.39, 0.29) is 6.04 Å². The fraction of sp³-hybridized carbons (Fsp3) is 0.562. The molecule has 2 N–H and O–H groups in total. The molecule has 108 valence electrons. The Labute approximate surface area is 119 Å². The zero-order valence-electron chi connectivity index (χ0n) is 12.0. The van der Waals surface area contributed by atoms with Crippen molar-refractivity contribution in [2.24, 2.45) is 5.73 Å². The first-order valence-electron chi connectivity index (χ1n) is 7.50. The lowest BCUT2D eigenvalue weighted by atomic mass is 9.99. The molecule has 1 heterocycles. The molecule has 3 nitrogen and oxygen atoms in total. The molecule has 1 aliphatic rings. The van der Waals surface area contributed by atoms with Crippen molar-refractivity contribution >= 4 is 11.0 Å². The molecule has 0 saturated heterocycles. The summed E-state index contributed by atoms with van der Waals surface area (Å²) in [4.78, 5) is 4.65. The van der Waals surface area contributed by atoms with Crippen LogP contribution in [0.25, 0.3) is 11.0 Å². The third kappa shape index (κ3) is 2.44. The molecular weight excluding hydrogens is 253 g/mol. The van der Waals surface area contributed by atoms with Gasteiger partial charge in [0.15, 0.2) is 0 Å². The zero-order valence-corrected chi connectivity index (χ0v) is 12.0. The number of para-hydroxylation sites is 2. The Balaban J connectivity index is 1.96. The van der Waals surface area contributed by atoms with Crippen molar-refractivity contribution in [3.05, 3.63) is 30.1 Å². The first-order valence-corrected chi connectivity index (χ1v) is 7.50. The molecule has 0 bridgehead atoms. The van der Waals surface area contributed by atoms with Gasteiger partial charge in [0.05, 0.1) is 11.0 Å². The smallest absolute Gasteiger partial charge is 0.119 e. The van der Waals surface area contributed by atoms with Crippen LogP contribution in [0.4, 0.5) is 4.39 Å². The highest BCUT2D eigenvalue weighted by Gasteiger charge is 2.39. The maximum atomic E-state index is 14.9. The Bertz CT molecular complexity index is 607. The van der Waals surface area contributed by atoms with Crippen molar-refractivity contribution in [1.29, 1.82) is 0 Å². The van der Waals surface area contributed by atoms with E-state index >= 15 is 0 Å². The second-order valence-corrected chi connectivity index (χ2v) is 6.00. The van der Waals surface area contributed by atoms with Gasteiger partial charge in [0.2, 0.25) is 0 Å². The number of fused-ring (bicyclic) bond motifs is 1. The molecule has 2 aromatic rings. The van der Waals surface area contributed by atoms with Gasteiger partial charge in [-0.2, -0.15) is 0 Å². The Morgan fingerprint density at radius 1 is 1.45 bits per heavy atom. The third-order valence-electron chi connectivity index (χ3n) is 4.25. The number of nitrogens with two attached hydrogens (primary N) is 1. The molecule has 1 saturated carbocycles.